The van der Waals surface area contributed by atoms with E-state index in [0.717, 1.165) is 37.2 Å². The monoisotopic (exact) mass is 290 g/mol. The maximum Gasteiger partial charge on any atom is 0.161 e. The first-order valence-corrected chi connectivity index (χ1v) is 8.21. The summed E-state index contributed by atoms with van der Waals surface area (Å²) in [5, 5.41) is 10.3. The second-order valence-electron chi connectivity index (χ2n) is 6.49. The molecule has 3 nitrogen and oxygen atoms in total. The molecule has 2 atom stereocenters. The molecule has 0 radical (unpaired) electrons. The van der Waals surface area contributed by atoms with Gasteiger partial charge in [0.25, 0.3) is 0 Å². The fourth-order valence-corrected chi connectivity index (χ4v) is 3.94. The SMILES string of the molecule is CCc1ccc(OC2CC(O)C23CCCCC3)c(OC)c1. The van der Waals surface area contributed by atoms with Gasteiger partial charge in [-0.3, -0.25) is 0 Å². The van der Waals surface area contributed by atoms with E-state index in [2.05, 4.69) is 19.1 Å². The van der Waals surface area contributed by atoms with Crippen molar-refractivity contribution < 1.29 is 14.6 Å². The first-order chi connectivity index (χ1) is 10.2. The Morgan fingerprint density at radius 1 is 1.19 bits per heavy atom. The highest BCUT2D eigenvalue weighted by Gasteiger charge is 2.56. The molecule has 2 saturated carbocycles. The fourth-order valence-electron chi connectivity index (χ4n) is 3.94. The smallest absolute Gasteiger partial charge is 0.161 e. The van der Waals surface area contributed by atoms with E-state index in [0.29, 0.717) is 0 Å². The van der Waals surface area contributed by atoms with Crippen LogP contribution >= 0.6 is 0 Å². The van der Waals surface area contributed by atoms with Gasteiger partial charge in [-0.15, -0.1) is 0 Å². The van der Waals surface area contributed by atoms with Crippen molar-refractivity contribution in [2.24, 2.45) is 5.41 Å². The summed E-state index contributed by atoms with van der Waals surface area (Å²) in [5.74, 6) is 1.62. The molecular formula is C18H26O3. The van der Waals surface area contributed by atoms with Crippen LogP contribution in [0.15, 0.2) is 18.2 Å². The van der Waals surface area contributed by atoms with E-state index in [9.17, 15) is 5.11 Å². The van der Waals surface area contributed by atoms with Crippen LogP contribution in [0.1, 0.15) is 51.0 Å². The van der Waals surface area contributed by atoms with E-state index in [4.69, 9.17) is 9.47 Å². The van der Waals surface area contributed by atoms with E-state index in [1.807, 2.05) is 6.07 Å². The lowest BCUT2D eigenvalue weighted by Gasteiger charge is -2.55. The quantitative estimate of drug-likeness (QED) is 0.918. The largest absolute Gasteiger partial charge is 0.493 e. The van der Waals surface area contributed by atoms with Crippen LogP contribution in [0.4, 0.5) is 0 Å². The summed E-state index contributed by atoms with van der Waals surface area (Å²) in [6.45, 7) is 2.13. The molecule has 0 aliphatic heterocycles. The lowest BCUT2D eigenvalue weighted by atomic mass is 9.56. The summed E-state index contributed by atoms with van der Waals surface area (Å²) in [4.78, 5) is 0. The van der Waals surface area contributed by atoms with Gasteiger partial charge in [0, 0.05) is 11.8 Å². The lowest BCUT2D eigenvalue weighted by molar-refractivity contribution is -0.172. The van der Waals surface area contributed by atoms with Gasteiger partial charge in [0.1, 0.15) is 6.10 Å². The summed E-state index contributed by atoms with van der Waals surface area (Å²) in [7, 11) is 1.69. The van der Waals surface area contributed by atoms with Crippen LogP contribution < -0.4 is 9.47 Å². The third kappa shape index (κ3) is 2.52. The second kappa shape index (κ2) is 5.88. The third-order valence-electron chi connectivity index (χ3n) is 5.43. The van der Waals surface area contributed by atoms with Gasteiger partial charge in [0.2, 0.25) is 0 Å². The molecule has 0 heterocycles. The molecule has 116 valence electrons. The van der Waals surface area contributed by atoms with E-state index in [-0.39, 0.29) is 17.6 Å². The molecule has 0 amide bonds. The normalized spacial score (nSPS) is 27.2. The lowest BCUT2D eigenvalue weighted by Crippen LogP contribution is -2.60. The Morgan fingerprint density at radius 3 is 2.57 bits per heavy atom. The fraction of sp³-hybridized carbons (Fsp3) is 0.667. The molecule has 2 aliphatic carbocycles. The Bertz CT molecular complexity index is 491. The minimum Gasteiger partial charge on any atom is -0.493 e. The van der Waals surface area contributed by atoms with Crippen LogP contribution in [0.5, 0.6) is 11.5 Å². The first kappa shape index (κ1) is 14.7. The van der Waals surface area contributed by atoms with Crippen molar-refractivity contribution in [2.45, 2.75) is 64.1 Å². The van der Waals surface area contributed by atoms with Gasteiger partial charge in [-0.2, -0.15) is 0 Å². The van der Waals surface area contributed by atoms with E-state index in [1.165, 1.54) is 24.8 Å². The van der Waals surface area contributed by atoms with Crippen molar-refractivity contribution in [3.8, 4) is 11.5 Å². The van der Waals surface area contributed by atoms with E-state index in [1.54, 1.807) is 7.11 Å². The van der Waals surface area contributed by atoms with Gasteiger partial charge >= 0.3 is 0 Å². The number of ether oxygens (including phenoxy) is 2. The maximum atomic E-state index is 10.3. The third-order valence-corrected chi connectivity index (χ3v) is 5.43. The van der Waals surface area contributed by atoms with Gasteiger partial charge in [-0.1, -0.05) is 32.3 Å². The molecule has 0 aromatic heterocycles. The van der Waals surface area contributed by atoms with Crippen LogP contribution in [0.25, 0.3) is 0 Å². The molecule has 21 heavy (non-hydrogen) atoms. The minimum atomic E-state index is -0.191. The second-order valence-corrected chi connectivity index (χ2v) is 6.49. The number of aryl methyl sites for hydroxylation is 1. The molecule has 2 aliphatic rings. The molecule has 2 fully saturated rings. The van der Waals surface area contributed by atoms with Crippen molar-refractivity contribution in [2.75, 3.05) is 7.11 Å². The molecule has 1 aromatic carbocycles. The van der Waals surface area contributed by atoms with Gasteiger partial charge in [0.05, 0.1) is 13.2 Å². The number of rotatable bonds is 4. The van der Waals surface area contributed by atoms with Crippen molar-refractivity contribution in [3.63, 3.8) is 0 Å². The van der Waals surface area contributed by atoms with Gasteiger partial charge in [0.15, 0.2) is 11.5 Å². The van der Waals surface area contributed by atoms with Crippen LogP contribution in [0, 0.1) is 5.41 Å². The molecule has 0 saturated heterocycles. The molecule has 1 spiro atoms. The molecule has 3 heteroatoms. The van der Waals surface area contributed by atoms with E-state index < -0.39 is 0 Å². The predicted octanol–water partition coefficient (Wildman–Crippen LogP) is 3.72. The Balaban J connectivity index is 1.77. The number of methoxy groups -OCH3 is 1. The van der Waals surface area contributed by atoms with Gasteiger partial charge < -0.3 is 14.6 Å². The number of aliphatic hydroxyl groups is 1. The summed E-state index contributed by atoms with van der Waals surface area (Å²) in [6, 6.07) is 6.16. The first-order valence-electron chi connectivity index (χ1n) is 8.21. The Hall–Kier alpha value is -1.22. The van der Waals surface area contributed by atoms with E-state index >= 15 is 0 Å². The standard InChI is InChI=1S/C18H26O3/c1-3-13-7-8-14(15(11-13)20-2)21-17-12-16(19)18(17)9-5-4-6-10-18/h7-8,11,16-17,19H,3-6,9-10,12H2,1-2H3. The highest BCUT2D eigenvalue weighted by molar-refractivity contribution is 5.43. The topological polar surface area (TPSA) is 38.7 Å². The van der Waals surface area contributed by atoms with Gasteiger partial charge in [-0.25, -0.2) is 0 Å². The van der Waals surface area contributed by atoms with Crippen molar-refractivity contribution >= 4 is 0 Å². The van der Waals surface area contributed by atoms with Crippen LogP contribution in [0.3, 0.4) is 0 Å². The average Bonchev–Trinajstić information content (AvgIpc) is 2.55. The van der Waals surface area contributed by atoms with Crippen molar-refractivity contribution in [1.29, 1.82) is 0 Å². The zero-order valence-corrected chi connectivity index (χ0v) is 13.1. The number of benzene rings is 1. The maximum absolute atomic E-state index is 10.3. The predicted molar refractivity (Wildman–Crippen MR) is 82.9 cm³/mol. The molecule has 2 unspecified atom stereocenters. The summed E-state index contributed by atoms with van der Waals surface area (Å²) < 4.78 is 11.7. The molecule has 1 N–H and O–H groups in total. The van der Waals surface area contributed by atoms with Crippen LogP contribution in [-0.2, 0) is 6.42 Å². The average molecular weight is 290 g/mol. The zero-order valence-electron chi connectivity index (χ0n) is 13.1. The number of hydrogen-bond donors (Lipinski definition) is 1. The Kier molecular flexibility index (Phi) is 4.12. The molecule has 1 aromatic rings. The number of hydrogen-bond acceptors (Lipinski definition) is 3. The van der Waals surface area contributed by atoms with Crippen molar-refractivity contribution in [3.05, 3.63) is 23.8 Å². The van der Waals surface area contributed by atoms with Crippen LogP contribution in [0.2, 0.25) is 0 Å². The molecule has 3 rings (SSSR count). The zero-order chi connectivity index (χ0) is 14.9. The van der Waals surface area contributed by atoms with Crippen molar-refractivity contribution in [1.82, 2.24) is 0 Å². The van der Waals surface area contributed by atoms with Gasteiger partial charge in [-0.05, 0) is 37.0 Å². The minimum absolute atomic E-state index is 0.00725. The highest BCUT2D eigenvalue weighted by Crippen LogP contribution is 2.53. The summed E-state index contributed by atoms with van der Waals surface area (Å²) in [5.41, 5.74) is 1.24. The summed E-state index contributed by atoms with van der Waals surface area (Å²) >= 11 is 0. The molecule has 0 bridgehead atoms. The highest BCUT2D eigenvalue weighted by atomic mass is 16.5. The van der Waals surface area contributed by atoms with Crippen LogP contribution in [-0.4, -0.2) is 24.4 Å². The Morgan fingerprint density at radius 2 is 1.95 bits per heavy atom. The Labute approximate surface area is 127 Å². The number of aliphatic hydroxyl groups excluding tert-OH is 1. The molecular weight excluding hydrogens is 264 g/mol. The summed E-state index contributed by atoms with van der Waals surface area (Å²) in [6.07, 6.45) is 7.57.